The van der Waals surface area contributed by atoms with Crippen molar-refractivity contribution >= 4 is 5.91 Å². The molecule has 2 saturated heterocycles. The van der Waals surface area contributed by atoms with Gasteiger partial charge >= 0.3 is 0 Å². The summed E-state index contributed by atoms with van der Waals surface area (Å²) in [4.78, 5) is 25.4. The van der Waals surface area contributed by atoms with Crippen LogP contribution in [0.25, 0.3) is 0 Å². The van der Waals surface area contributed by atoms with E-state index in [9.17, 15) is 13.6 Å². The lowest BCUT2D eigenvalue weighted by atomic mass is 9.77. The third kappa shape index (κ3) is 5.45. The van der Waals surface area contributed by atoms with E-state index in [1.165, 1.54) is 11.0 Å². The van der Waals surface area contributed by atoms with E-state index in [2.05, 4.69) is 55.8 Å². The second kappa shape index (κ2) is 11.2. The van der Waals surface area contributed by atoms with Crippen LogP contribution < -0.4 is 9.88 Å². The highest BCUT2D eigenvalue weighted by atomic mass is 19.2. The number of nitrogens with one attached hydrogen (secondary N) is 2. The third-order valence-electron chi connectivity index (χ3n) is 10.5. The molecule has 1 spiro atoms. The van der Waals surface area contributed by atoms with Crippen molar-refractivity contribution in [3.63, 3.8) is 0 Å². The van der Waals surface area contributed by atoms with Crippen LogP contribution in [0.2, 0.25) is 0 Å². The molecule has 8 nitrogen and oxygen atoms in total. The second-order valence-corrected chi connectivity index (χ2v) is 14.9. The lowest BCUT2D eigenvalue weighted by molar-refractivity contribution is -0.953. The van der Waals surface area contributed by atoms with E-state index in [4.69, 9.17) is 4.74 Å². The fourth-order valence-electron chi connectivity index (χ4n) is 7.73. The van der Waals surface area contributed by atoms with Gasteiger partial charge in [0.25, 0.3) is 0 Å². The molecule has 11 heteroatoms. The number of pyridine rings is 1. The molecule has 1 amide bonds. The number of aromatic nitrogens is 4. The van der Waals surface area contributed by atoms with Gasteiger partial charge in [0.1, 0.15) is 12.4 Å². The summed E-state index contributed by atoms with van der Waals surface area (Å²) in [5.41, 5.74) is 2.01. The minimum Gasteiger partial charge on any atom is -0.355 e. The highest BCUT2D eigenvalue weighted by Gasteiger charge is 2.57. The predicted octanol–water partition coefficient (Wildman–Crippen LogP) is 3.71. The molecule has 1 aromatic carbocycles. The van der Waals surface area contributed by atoms with Crippen LogP contribution in [-0.4, -0.2) is 57.3 Å². The first kappa shape index (κ1) is 31.7. The lowest BCUT2D eigenvalue weighted by Gasteiger charge is -2.44. The van der Waals surface area contributed by atoms with Crippen LogP contribution in [0.1, 0.15) is 94.1 Å². The number of nitrogens with zero attached hydrogens (tertiary/aromatic N) is 4. The van der Waals surface area contributed by atoms with E-state index in [0.29, 0.717) is 44.7 Å². The van der Waals surface area contributed by atoms with Crippen LogP contribution in [-0.2, 0) is 27.6 Å². The summed E-state index contributed by atoms with van der Waals surface area (Å²) in [6.45, 7) is 14.7. The molecular weight excluding hydrogens is 581 g/mol. The van der Waals surface area contributed by atoms with Gasteiger partial charge in [-0.1, -0.05) is 6.07 Å². The Morgan fingerprint density at radius 2 is 1.80 bits per heavy atom. The molecule has 0 aliphatic carbocycles. The van der Waals surface area contributed by atoms with Gasteiger partial charge < -0.3 is 14.5 Å². The topological polar surface area (TPSA) is 78.8 Å². The fraction of sp³-hybridized carbons (Fsp3) is 0.588. The molecule has 3 unspecified atom stereocenters. The van der Waals surface area contributed by atoms with Gasteiger partial charge in [0, 0.05) is 56.4 Å². The highest BCUT2D eigenvalue weighted by Crippen LogP contribution is 2.53. The van der Waals surface area contributed by atoms with Gasteiger partial charge in [-0.3, -0.25) is 9.48 Å². The summed E-state index contributed by atoms with van der Waals surface area (Å²) in [5, 5.41) is 4.60. The minimum absolute atomic E-state index is 0.0624. The average molecular weight is 627 g/mol. The molecule has 2 N–H and O–H groups in total. The molecule has 0 saturated carbocycles. The quantitative estimate of drug-likeness (QED) is 0.448. The van der Waals surface area contributed by atoms with Crippen LogP contribution >= 0.6 is 0 Å². The standard InChI is InChI=1S/C34H43F3N6O2/c1-20-16-23-28(38-17-20)34(45-29(23)33(5,6)31-39-19-41(7)40-31)11-14-42(15-12-34)30(44)22-10-13-43(32(2,3)4)18-24(22)21-8-9-25(35)27(37)26(21)36/h8-9,16-17,19,22,24,29H,10-15,18H2,1-7H3/p+2/t22?,24-,29?/m0/s1. The van der Waals surface area contributed by atoms with E-state index in [0.717, 1.165) is 29.4 Å². The summed E-state index contributed by atoms with van der Waals surface area (Å²) < 4.78 is 52.2. The maximum atomic E-state index is 15.2. The molecular formula is C34H45F3N6O2+2. The Morgan fingerprint density at radius 1 is 1.09 bits per heavy atom. The number of benzene rings is 1. The number of ether oxygens (including phenoxy) is 1. The summed E-state index contributed by atoms with van der Waals surface area (Å²) >= 11 is 0. The van der Waals surface area contributed by atoms with Crippen molar-refractivity contribution in [2.24, 2.45) is 13.0 Å². The van der Waals surface area contributed by atoms with Gasteiger partial charge in [-0.05, 0) is 53.7 Å². The first-order valence-corrected chi connectivity index (χ1v) is 16.0. The zero-order chi connectivity index (χ0) is 32.5. The lowest BCUT2D eigenvalue weighted by Crippen LogP contribution is -3.20. The number of rotatable bonds is 4. The minimum atomic E-state index is -1.48. The number of aromatic amines is 1. The van der Waals surface area contributed by atoms with E-state index in [-0.39, 0.29) is 23.1 Å². The highest BCUT2D eigenvalue weighted by molar-refractivity contribution is 5.80. The SMILES string of the molecule is Cc1c[nH+]c2c(c1)C(C(C)(C)c1ncn(C)n1)OC21CCN(C(=O)C2CC[NH+](C(C)(C)C)C[C@H]2c2ccc(F)c(F)c2F)CC1. The van der Waals surface area contributed by atoms with Crippen molar-refractivity contribution in [1.29, 1.82) is 0 Å². The number of aryl methyl sites for hydroxylation is 2. The summed E-state index contributed by atoms with van der Waals surface area (Å²) in [6.07, 6.45) is 5.10. The van der Waals surface area contributed by atoms with E-state index < -0.39 is 40.3 Å². The van der Waals surface area contributed by atoms with Crippen molar-refractivity contribution in [1.82, 2.24) is 19.7 Å². The number of quaternary nitrogens is 1. The van der Waals surface area contributed by atoms with Gasteiger partial charge in [0.2, 0.25) is 11.6 Å². The van der Waals surface area contributed by atoms with Crippen molar-refractivity contribution in [2.75, 3.05) is 26.2 Å². The smallest absolute Gasteiger partial charge is 0.226 e. The summed E-state index contributed by atoms with van der Waals surface area (Å²) in [5.74, 6) is -4.36. The molecule has 6 rings (SSSR count). The van der Waals surface area contributed by atoms with Gasteiger partial charge in [-0.25, -0.2) is 23.1 Å². The summed E-state index contributed by atoms with van der Waals surface area (Å²) in [6, 6.07) is 4.45. The summed E-state index contributed by atoms with van der Waals surface area (Å²) in [7, 11) is 1.85. The Bertz CT molecular complexity index is 1610. The van der Waals surface area contributed by atoms with Crippen LogP contribution in [0.15, 0.2) is 30.7 Å². The zero-order valence-corrected chi connectivity index (χ0v) is 27.3. The second-order valence-electron chi connectivity index (χ2n) is 14.9. The van der Waals surface area contributed by atoms with E-state index in [1.807, 2.05) is 25.1 Å². The number of halogens is 3. The fourth-order valence-corrected chi connectivity index (χ4v) is 7.73. The molecule has 3 aromatic rings. The first-order chi connectivity index (χ1) is 21.1. The van der Waals surface area contributed by atoms with Crippen molar-refractivity contribution in [3.8, 4) is 0 Å². The van der Waals surface area contributed by atoms with Crippen molar-refractivity contribution in [2.45, 2.75) is 89.4 Å². The predicted molar refractivity (Wildman–Crippen MR) is 161 cm³/mol. The molecule has 2 fully saturated rings. The molecule has 3 aliphatic rings. The third-order valence-corrected chi connectivity index (χ3v) is 10.5. The van der Waals surface area contributed by atoms with Crippen LogP contribution in [0.4, 0.5) is 13.2 Å². The number of carbonyl (C=O) groups excluding carboxylic acids is 1. The van der Waals surface area contributed by atoms with E-state index >= 15 is 4.39 Å². The number of hydrogen-bond donors (Lipinski definition) is 1. The Hall–Kier alpha value is -3.31. The number of piperidine rings is 2. The van der Waals surface area contributed by atoms with Gasteiger partial charge in [0.05, 0.1) is 35.5 Å². The first-order valence-electron chi connectivity index (χ1n) is 16.0. The maximum absolute atomic E-state index is 15.2. The maximum Gasteiger partial charge on any atom is 0.226 e. The number of amides is 1. The van der Waals surface area contributed by atoms with Gasteiger partial charge in [-0.15, -0.1) is 0 Å². The Balaban J connectivity index is 1.26. The van der Waals surface area contributed by atoms with Crippen molar-refractivity contribution < 1.29 is 32.6 Å². The molecule has 0 radical (unpaired) electrons. The van der Waals surface area contributed by atoms with Crippen molar-refractivity contribution in [3.05, 3.63) is 76.4 Å². The number of H-pyrrole nitrogens is 1. The van der Waals surface area contributed by atoms with Gasteiger partial charge in [0.15, 0.2) is 35.1 Å². The van der Waals surface area contributed by atoms with Crippen LogP contribution in [0, 0.1) is 30.3 Å². The van der Waals surface area contributed by atoms with Crippen LogP contribution in [0.5, 0.6) is 0 Å². The van der Waals surface area contributed by atoms with Gasteiger partial charge in [-0.2, -0.15) is 5.10 Å². The Morgan fingerprint density at radius 3 is 2.44 bits per heavy atom. The zero-order valence-electron chi connectivity index (χ0n) is 27.3. The Labute approximate surface area is 263 Å². The molecule has 4 atom stereocenters. The van der Waals surface area contributed by atoms with Crippen LogP contribution in [0.3, 0.4) is 0 Å². The molecule has 3 aliphatic heterocycles. The molecule has 2 aromatic heterocycles. The number of fused-ring (bicyclic) bond motifs is 2. The Kier molecular flexibility index (Phi) is 7.87. The number of likely N-dealkylation sites (tertiary alicyclic amines) is 2. The molecule has 5 heterocycles. The molecule has 45 heavy (non-hydrogen) atoms. The molecule has 0 bridgehead atoms. The number of hydrogen-bond acceptors (Lipinski definition) is 4. The van der Waals surface area contributed by atoms with E-state index in [1.54, 1.807) is 11.0 Å². The average Bonchev–Trinajstić information content (AvgIpc) is 3.57. The number of carbonyl (C=O) groups is 1. The largest absolute Gasteiger partial charge is 0.355 e. The normalized spacial score (nSPS) is 25.1. The monoisotopic (exact) mass is 626 g/mol. The molecule has 242 valence electrons.